The van der Waals surface area contributed by atoms with Gasteiger partial charge in [0.15, 0.2) is 0 Å². The second kappa shape index (κ2) is 11.7. The maximum atomic E-state index is 13.0. The predicted octanol–water partition coefficient (Wildman–Crippen LogP) is 4.45. The van der Waals surface area contributed by atoms with Crippen LogP contribution in [0.1, 0.15) is 49.4 Å². The van der Waals surface area contributed by atoms with Gasteiger partial charge in [0, 0.05) is 37.7 Å². The summed E-state index contributed by atoms with van der Waals surface area (Å²) in [6, 6.07) is 14.9. The Morgan fingerprint density at radius 3 is 2.28 bits per heavy atom. The third-order valence-corrected chi connectivity index (χ3v) is 6.65. The van der Waals surface area contributed by atoms with E-state index in [4.69, 9.17) is 25.6 Å². The van der Waals surface area contributed by atoms with E-state index in [9.17, 15) is 9.59 Å². The van der Waals surface area contributed by atoms with Crippen LogP contribution in [0.2, 0.25) is 5.02 Å². The zero-order valence-corrected chi connectivity index (χ0v) is 21.5. The zero-order chi connectivity index (χ0) is 25.7. The largest absolute Gasteiger partial charge is 0.465 e. The highest BCUT2D eigenvalue weighted by Crippen LogP contribution is 2.24. The molecule has 0 spiro atoms. The molecule has 36 heavy (non-hydrogen) atoms. The molecule has 1 fully saturated rings. The number of rotatable bonds is 8. The second-order valence-electron chi connectivity index (χ2n) is 8.83. The van der Waals surface area contributed by atoms with Gasteiger partial charge in [-0.25, -0.2) is 4.79 Å². The van der Waals surface area contributed by atoms with Crippen LogP contribution in [0.15, 0.2) is 53.1 Å². The Hall–Kier alpha value is -3.20. The first kappa shape index (κ1) is 25.9. The fourth-order valence-corrected chi connectivity index (χ4v) is 4.42. The van der Waals surface area contributed by atoms with Gasteiger partial charge in [0.25, 0.3) is 5.91 Å². The third kappa shape index (κ3) is 6.13. The lowest BCUT2D eigenvalue weighted by Gasteiger charge is -2.36. The predicted molar refractivity (Wildman–Crippen MR) is 135 cm³/mol. The minimum atomic E-state index is -0.367. The number of piperazine rings is 1. The van der Waals surface area contributed by atoms with E-state index in [1.165, 1.54) is 7.11 Å². The summed E-state index contributed by atoms with van der Waals surface area (Å²) in [7, 11) is 1.36. The van der Waals surface area contributed by atoms with Gasteiger partial charge in [-0.15, -0.1) is 0 Å². The third-order valence-electron chi connectivity index (χ3n) is 6.40. The number of esters is 1. The topological polar surface area (TPSA) is 85.1 Å². The summed E-state index contributed by atoms with van der Waals surface area (Å²) in [4.78, 5) is 28.8. The smallest absolute Gasteiger partial charge is 0.337 e. The molecular formula is C27H30ClN3O5. The van der Waals surface area contributed by atoms with Crippen molar-refractivity contribution < 1.29 is 23.6 Å². The number of ether oxygens (including phenoxy) is 2. The molecule has 1 saturated heterocycles. The van der Waals surface area contributed by atoms with Crippen LogP contribution in [-0.2, 0) is 16.1 Å². The highest BCUT2D eigenvalue weighted by Gasteiger charge is 2.28. The monoisotopic (exact) mass is 511 g/mol. The summed E-state index contributed by atoms with van der Waals surface area (Å²) in [5, 5.41) is 4.58. The van der Waals surface area contributed by atoms with Gasteiger partial charge in [0.1, 0.15) is 11.3 Å². The summed E-state index contributed by atoms with van der Waals surface area (Å²) >= 11 is 6.11. The molecule has 3 aromatic rings. The van der Waals surface area contributed by atoms with Crippen molar-refractivity contribution in [3.8, 4) is 0 Å². The maximum Gasteiger partial charge on any atom is 0.337 e. The number of methoxy groups -OCH3 is 1. The molecular weight excluding hydrogens is 482 g/mol. The van der Waals surface area contributed by atoms with Crippen molar-refractivity contribution in [3.05, 3.63) is 87.3 Å². The number of nitrogens with zero attached hydrogens (tertiary/aromatic N) is 3. The molecule has 1 aliphatic heterocycles. The van der Waals surface area contributed by atoms with Gasteiger partial charge >= 0.3 is 5.97 Å². The quantitative estimate of drug-likeness (QED) is 0.413. The molecule has 8 nitrogen and oxygen atoms in total. The lowest BCUT2D eigenvalue weighted by Crippen LogP contribution is -2.49. The van der Waals surface area contributed by atoms with Crippen molar-refractivity contribution in [2.24, 2.45) is 0 Å². The molecule has 0 bridgehead atoms. The van der Waals surface area contributed by atoms with E-state index >= 15 is 0 Å². The first-order valence-corrected chi connectivity index (χ1v) is 12.2. The fourth-order valence-electron chi connectivity index (χ4n) is 4.30. The van der Waals surface area contributed by atoms with Gasteiger partial charge in [0.05, 0.1) is 31.1 Å². The summed E-state index contributed by atoms with van der Waals surface area (Å²) in [5.41, 5.74) is 3.66. The van der Waals surface area contributed by atoms with Crippen LogP contribution >= 0.6 is 11.6 Å². The number of aryl methyl sites for hydroxylation is 2. The Morgan fingerprint density at radius 2 is 1.69 bits per heavy atom. The molecule has 1 aliphatic rings. The summed E-state index contributed by atoms with van der Waals surface area (Å²) < 4.78 is 16.3. The van der Waals surface area contributed by atoms with E-state index in [1.807, 2.05) is 41.3 Å². The van der Waals surface area contributed by atoms with E-state index < -0.39 is 0 Å². The van der Waals surface area contributed by atoms with Gasteiger partial charge in [-0.3, -0.25) is 9.69 Å². The number of carbonyl (C=O) groups is 2. The second-order valence-corrected chi connectivity index (χ2v) is 9.27. The van der Waals surface area contributed by atoms with Crippen molar-refractivity contribution in [1.82, 2.24) is 15.0 Å². The maximum absolute atomic E-state index is 13.0. The average Bonchev–Trinajstić information content (AvgIpc) is 3.24. The first-order chi connectivity index (χ1) is 17.4. The normalized spacial score (nSPS) is 15.1. The Labute approximate surface area is 215 Å². The number of hydrogen-bond acceptors (Lipinski definition) is 7. The van der Waals surface area contributed by atoms with Crippen molar-refractivity contribution >= 4 is 23.5 Å². The minimum Gasteiger partial charge on any atom is -0.465 e. The molecule has 1 atom stereocenters. The van der Waals surface area contributed by atoms with Gasteiger partial charge in [-0.1, -0.05) is 41.0 Å². The van der Waals surface area contributed by atoms with Gasteiger partial charge < -0.3 is 18.9 Å². The summed E-state index contributed by atoms with van der Waals surface area (Å²) in [6.45, 7) is 7.31. The van der Waals surface area contributed by atoms with Crippen LogP contribution in [0.3, 0.4) is 0 Å². The molecule has 0 radical (unpaired) electrons. The summed E-state index contributed by atoms with van der Waals surface area (Å²) in [6.07, 6.45) is -0.188. The van der Waals surface area contributed by atoms with Crippen LogP contribution in [0.25, 0.3) is 0 Å². The summed E-state index contributed by atoms with van der Waals surface area (Å²) in [5.74, 6) is 0.149. The lowest BCUT2D eigenvalue weighted by molar-refractivity contribution is 0.00338. The van der Waals surface area contributed by atoms with Gasteiger partial charge in [0.2, 0.25) is 0 Å². The number of halogens is 1. The van der Waals surface area contributed by atoms with Crippen LogP contribution < -0.4 is 0 Å². The number of hydrogen-bond donors (Lipinski definition) is 0. The molecule has 9 heteroatoms. The van der Waals surface area contributed by atoms with Gasteiger partial charge in [-0.05, 0) is 49.2 Å². The van der Waals surface area contributed by atoms with E-state index in [-0.39, 0.29) is 18.0 Å². The first-order valence-electron chi connectivity index (χ1n) is 11.8. The van der Waals surface area contributed by atoms with E-state index in [0.717, 1.165) is 24.2 Å². The van der Waals surface area contributed by atoms with Crippen molar-refractivity contribution in [1.29, 1.82) is 0 Å². The standard InChI is InChI=1S/C27H30ClN3O5/c1-18-25(19(2)36-29-18)26(32)31-14-12-30(13-15-31)16-24(21-8-10-23(28)11-9-21)35-17-20-4-6-22(7-5-20)27(33)34-3/h4-11,24H,12-17H2,1-3H3/t24-/m0/s1. The Balaban J connectivity index is 1.39. The molecule has 2 heterocycles. The molecule has 4 rings (SSSR count). The van der Waals surface area contributed by atoms with E-state index in [2.05, 4.69) is 10.1 Å². The van der Waals surface area contributed by atoms with Crippen molar-refractivity contribution in [3.63, 3.8) is 0 Å². The van der Waals surface area contributed by atoms with Crippen LogP contribution in [0, 0.1) is 13.8 Å². The number of carbonyl (C=O) groups excluding carboxylic acids is 2. The SMILES string of the molecule is COC(=O)c1ccc(CO[C@@H](CN2CCN(C(=O)c3c(C)noc3C)CC2)c2ccc(Cl)cc2)cc1. The average molecular weight is 512 g/mol. The van der Waals surface area contributed by atoms with Crippen LogP contribution in [-0.4, -0.2) is 66.7 Å². The molecule has 0 saturated carbocycles. The fraction of sp³-hybridized carbons (Fsp3) is 0.370. The molecule has 2 aromatic carbocycles. The van der Waals surface area contributed by atoms with Crippen LogP contribution in [0.5, 0.6) is 0 Å². The van der Waals surface area contributed by atoms with E-state index in [1.54, 1.807) is 26.0 Å². The Bertz CT molecular complexity index is 1170. The molecule has 0 N–H and O–H groups in total. The molecule has 190 valence electrons. The number of amides is 1. The highest BCUT2D eigenvalue weighted by molar-refractivity contribution is 6.30. The number of aromatic nitrogens is 1. The van der Waals surface area contributed by atoms with Crippen molar-refractivity contribution in [2.45, 2.75) is 26.6 Å². The zero-order valence-electron chi connectivity index (χ0n) is 20.7. The van der Waals surface area contributed by atoms with Crippen LogP contribution in [0.4, 0.5) is 0 Å². The molecule has 1 aromatic heterocycles. The lowest BCUT2D eigenvalue weighted by atomic mass is 10.1. The van der Waals surface area contributed by atoms with E-state index in [0.29, 0.717) is 53.8 Å². The minimum absolute atomic E-state index is 0.0354. The van der Waals surface area contributed by atoms with Crippen molar-refractivity contribution in [2.75, 3.05) is 39.8 Å². The molecule has 0 aliphatic carbocycles. The molecule has 1 amide bonds. The number of benzene rings is 2. The van der Waals surface area contributed by atoms with Gasteiger partial charge in [-0.2, -0.15) is 0 Å². The Morgan fingerprint density at radius 1 is 1.03 bits per heavy atom. The Kier molecular flexibility index (Phi) is 8.40. The molecule has 0 unspecified atom stereocenters. The highest BCUT2D eigenvalue weighted by atomic mass is 35.5.